The molecule has 0 saturated carbocycles. The van der Waals surface area contributed by atoms with E-state index in [0.29, 0.717) is 0 Å². The maximum absolute atomic E-state index is 13.7. The van der Waals surface area contributed by atoms with E-state index in [4.69, 9.17) is 0 Å². The Kier molecular flexibility index (Phi) is 4.21. The molecule has 2 aliphatic heterocycles. The van der Waals surface area contributed by atoms with Gasteiger partial charge in [-0.1, -0.05) is 52.3 Å². The molecule has 1 saturated heterocycles. The van der Waals surface area contributed by atoms with Gasteiger partial charge >= 0.3 is 0 Å². The van der Waals surface area contributed by atoms with Crippen LogP contribution < -0.4 is 15.1 Å². The van der Waals surface area contributed by atoms with Gasteiger partial charge in [-0.2, -0.15) is 0 Å². The predicted molar refractivity (Wildman–Crippen MR) is 120 cm³/mol. The normalized spacial score (nSPS) is 17.1. The molecule has 0 aliphatic carbocycles. The maximum atomic E-state index is 13.7. The van der Waals surface area contributed by atoms with E-state index in [-0.39, 0.29) is 5.91 Å². The Labute approximate surface area is 180 Å². The van der Waals surface area contributed by atoms with Crippen molar-refractivity contribution in [3.8, 4) is 0 Å². The van der Waals surface area contributed by atoms with Crippen molar-refractivity contribution in [2.45, 2.75) is 5.66 Å². The molecule has 1 spiro atoms. The van der Waals surface area contributed by atoms with Crippen LogP contribution in [0.15, 0.2) is 81.7 Å². The van der Waals surface area contributed by atoms with Crippen molar-refractivity contribution < 1.29 is 4.79 Å². The molecule has 28 heavy (non-hydrogen) atoms. The fraction of sp³-hybridized carbons (Fsp3) is 0.136. The standard InChI is InChI=1S/C22H17Br2N3O/c23-15-13-18-20(19(24)14-15)25-21(28)22(18)26(16-7-3-1-4-8-16)11-12-27(22)17-9-5-2-6-10-17/h1-10,13-14H,11-12H2,(H,25,28). The molecular weight excluding hydrogens is 482 g/mol. The summed E-state index contributed by atoms with van der Waals surface area (Å²) in [6.45, 7) is 1.49. The molecule has 0 aromatic heterocycles. The number of rotatable bonds is 2. The van der Waals surface area contributed by atoms with E-state index in [0.717, 1.165) is 44.7 Å². The number of benzene rings is 3. The van der Waals surface area contributed by atoms with Crippen LogP contribution in [-0.4, -0.2) is 19.0 Å². The minimum Gasteiger partial charge on any atom is -0.335 e. The summed E-state index contributed by atoms with van der Waals surface area (Å²) in [4.78, 5) is 18.1. The molecule has 140 valence electrons. The fourth-order valence-corrected chi connectivity index (χ4v) is 5.68. The van der Waals surface area contributed by atoms with Gasteiger partial charge in [0.05, 0.1) is 5.69 Å². The quantitative estimate of drug-likeness (QED) is 0.517. The molecule has 3 aromatic rings. The first kappa shape index (κ1) is 17.8. The van der Waals surface area contributed by atoms with E-state index >= 15 is 0 Å². The van der Waals surface area contributed by atoms with Crippen LogP contribution in [0.3, 0.4) is 0 Å². The molecule has 4 nitrogen and oxygen atoms in total. The van der Waals surface area contributed by atoms with Gasteiger partial charge in [0.2, 0.25) is 5.66 Å². The lowest BCUT2D eigenvalue weighted by Gasteiger charge is -2.41. The van der Waals surface area contributed by atoms with Crippen LogP contribution in [0.4, 0.5) is 17.1 Å². The van der Waals surface area contributed by atoms with Crippen LogP contribution in [0.1, 0.15) is 5.56 Å². The molecule has 0 bridgehead atoms. The average Bonchev–Trinajstić information content (AvgIpc) is 3.24. The molecule has 0 atom stereocenters. The minimum absolute atomic E-state index is 0.0356. The molecule has 0 radical (unpaired) electrons. The van der Waals surface area contributed by atoms with Gasteiger partial charge in [-0.3, -0.25) is 4.79 Å². The molecule has 0 unspecified atom stereocenters. The van der Waals surface area contributed by atoms with Crippen molar-refractivity contribution in [3.05, 3.63) is 87.3 Å². The second-order valence-corrected chi connectivity index (χ2v) is 8.68. The van der Waals surface area contributed by atoms with Gasteiger partial charge in [0, 0.05) is 39.0 Å². The number of para-hydroxylation sites is 2. The summed E-state index contributed by atoms with van der Waals surface area (Å²) < 4.78 is 1.80. The third-order valence-corrected chi connectivity index (χ3v) is 6.53. The maximum Gasteiger partial charge on any atom is 0.276 e. The van der Waals surface area contributed by atoms with Crippen LogP contribution in [-0.2, 0) is 10.5 Å². The zero-order chi connectivity index (χ0) is 19.3. The largest absolute Gasteiger partial charge is 0.335 e. The average molecular weight is 499 g/mol. The Morgan fingerprint density at radius 1 is 0.821 bits per heavy atom. The lowest BCUT2D eigenvalue weighted by molar-refractivity contribution is -0.120. The molecule has 1 amide bonds. The van der Waals surface area contributed by atoms with Gasteiger partial charge in [-0.25, -0.2) is 0 Å². The van der Waals surface area contributed by atoms with Crippen LogP contribution >= 0.6 is 31.9 Å². The Morgan fingerprint density at radius 2 is 1.36 bits per heavy atom. The highest BCUT2D eigenvalue weighted by molar-refractivity contribution is 9.11. The zero-order valence-corrected chi connectivity index (χ0v) is 18.1. The molecule has 3 aromatic carbocycles. The minimum atomic E-state index is -0.940. The number of fused-ring (bicyclic) bond motifs is 2. The van der Waals surface area contributed by atoms with Crippen LogP contribution in [0.2, 0.25) is 0 Å². The van der Waals surface area contributed by atoms with Gasteiger partial charge in [-0.05, 0) is 52.3 Å². The summed E-state index contributed by atoms with van der Waals surface area (Å²) in [6, 6.07) is 24.3. The lowest BCUT2D eigenvalue weighted by Crippen LogP contribution is -2.56. The van der Waals surface area contributed by atoms with Crippen molar-refractivity contribution in [2.24, 2.45) is 0 Å². The highest BCUT2D eigenvalue weighted by Gasteiger charge is 2.59. The molecule has 2 heterocycles. The van der Waals surface area contributed by atoms with Crippen LogP contribution in [0.25, 0.3) is 0 Å². The Balaban J connectivity index is 1.79. The number of hydrogen-bond donors (Lipinski definition) is 1. The monoisotopic (exact) mass is 497 g/mol. The Morgan fingerprint density at radius 3 is 1.89 bits per heavy atom. The first-order valence-corrected chi connectivity index (χ1v) is 10.7. The smallest absolute Gasteiger partial charge is 0.276 e. The van der Waals surface area contributed by atoms with Gasteiger partial charge in [0.25, 0.3) is 5.91 Å². The molecule has 1 N–H and O–H groups in total. The zero-order valence-electron chi connectivity index (χ0n) is 14.9. The van der Waals surface area contributed by atoms with Gasteiger partial charge in [-0.15, -0.1) is 0 Å². The molecule has 2 aliphatic rings. The Hall–Kier alpha value is -2.31. The number of anilines is 3. The molecule has 1 fully saturated rings. The van der Waals surface area contributed by atoms with Crippen molar-refractivity contribution >= 4 is 54.8 Å². The number of carbonyl (C=O) groups excluding carboxylic acids is 1. The number of halogens is 2. The number of hydrogen-bond acceptors (Lipinski definition) is 3. The van der Waals surface area contributed by atoms with Gasteiger partial charge in [0.15, 0.2) is 0 Å². The predicted octanol–water partition coefficient (Wildman–Crippen LogP) is 5.34. The molecular formula is C22H17Br2N3O. The van der Waals surface area contributed by atoms with Crippen molar-refractivity contribution in [1.82, 2.24) is 0 Å². The SMILES string of the molecule is O=C1Nc2c(Br)cc(Br)cc2C12N(c1ccccc1)CCN2c1ccccc1. The van der Waals surface area contributed by atoms with Gasteiger partial charge < -0.3 is 15.1 Å². The third kappa shape index (κ3) is 2.44. The van der Waals surface area contributed by atoms with E-state index in [2.05, 4.69) is 77.3 Å². The van der Waals surface area contributed by atoms with Crippen LogP contribution in [0, 0.1) is 0 Å². The number of nitrogens with zero attached hydrogens (tertiary/aromatic N) is 2. The summed E-state index contributed by atoms with van der Waals surface area (Å²) in [5.74, 6) is -0.0356. The van der Waals surface area contributed by atoms with Gasteiger partial charge in [0.1, 0.15) is 0 Å². The topological polar surface area (TPSA) is 35.6 Å². The van der Waals surface area contributed by atoms with Crippen molar-refractivity contribution in [1.29, 1.82) is 0 Å². The number of carbonyl (C=O) groups is 1. The van der Waals surface area contributed by atoms with E-state index in [9.17, 15) is 4.79 Å². The third-order valence-electron chi connectivity index (χ3n) is 5.45. The highest BCUT2D eigenvalue weighted by Crippen LogP contribution is 2.51. The summed E-state index contributed by atoms with van der Waals surface area (Å²) in [5, 5.41) is 3.14. The first-order chi connectivity index (χ1) is 13.6. The number of nitrogens with one attached hydrogen (secondary N) is 1. The summed E-state index contributed by atoms with van der Waals surface area (Å²) in [7, 11) is 0. The van der Waals surface area contributed by atoms with E-state index in [1.807, 2.05) is 42.5 Å². The van der Waals surface area contributed by atoms with Crippen molar-refractivity contribution in [2.75, 3.05) is 28.2 Å². The second-order valence-electron chi connectivity index (χ2n) is 6.91. The highest BCUT2D eigenvalue weighted by atomic mass is 79.9. The van der Waals surface area contributed by atoms with E-state index in [1.165, 1.54) is 0 Å². The Bertz CT molecular complexity index is 1010. The van der Waals surface area contributed by atoms with E-state index in [1.54, 1.807) is 0 Å². The lowest BCUT2D eigenvalue weighted by atomic mass is 9.97. The summed E-state index contributed by atoms with van der Waals surface area (Å²) >= 11 is 7.24. The summed E-state index contributed by atoms with van der Waals surface area (Å²) in [5.41, 5.74) is 2.89. The fourth-order valence-electron chi connectivity index (χ4n) is 4.35. The van der Waals surface area contributed by atoms with E-state index < -0.39 is 5.66 Å². The first-order valence-electron chi connectivity index (χ1n) is 9.09. The number of amides is 1. The second kappa shape index (κ2) is 6.64. The summed E-state index contributed by atoms with van der Waals surface area (Å²) in [6.07, 6.45) is 0. The van der Waals surface area contributed by atoms with Crippen LogP contribution in [0.5, 0.6) is 0 Å². The van der Waals surface area contributed by atoms with Crippen molar-refractivity contribution in [3.63, 3.8) is 0 Å². The molecule has 6 heteroatoms. The molecule has 5 rings (SSSR count).